The van der Waals surface area contributed by atoms with Crippen molar-refractivity contribution in [3.63, 3.8) is 0 Å². The lowest BCUT2D eigenvalue weighted by Crippen LogP contribution is -2.25. The number of hydrogen-bond donors (Lipinski definition) is 1. The molecule has 1 heterocycles. The van der Waals surface area contributed by atoms with Crippen molar-refractivity contribution in [1.29, 1.82) is 0 Å². The zero-order valence-electron chi connectivity index (χ0n) is 20.4. The lowest BCUT2D eigenvalue weighted by molar-refractivity contribution is -0.140. The molecule has 2 fully saturated rings. The first-order chi connectivity index (χ1) is 18.2. The van der Waals surface area contributed by atoms with E-state index in [-0.39, 0.29) is 39.5 Å². The van der Waals surface area contributed by atoms with E-state index in [1.54, 1.807) is 0 Å². The summed E-state index contributed by atoms with van der Waals surface area (Å²) < 4.78 is 82.8. The molecule has 5 rings (SSSR count). The van der Waals surface area contributed by atoms with Crippen LogP contribution in [0.1, 0.15) is 67.4 Å². The van der Waals surface area contributed by atoms with Crippen molar-refractivity contribution in [2.45, 2.75) is 50.7 Å². The van der Waals surface area contributed by atoms with Crippen LogP contribution < -0.4 is 4.74 Å². The number of esters is 1. The number of benzene rings is 3. The topological polar surface area (TPSA) is 59.1 Å². The summed E-state index contributed by atoms with van der Waals surface area (Å²) in [7, 11) is 0. The third-order valence-electron chi connectivity index (χ3n) is 7.34. The largest absolute Gasteiger partial charge is 0.423 e. The molecule has 1 saturated carbocycles. The van der Waals surface area contributed by atoms with Crippen molar-refractivity contribution < 1.29 is 41.3 Å². The second-order valence-electron chi connectivity index (χ2n) is 9.82. The van der Waals surface area contributed by atoms with E-state index in [4.69, 9.17) is 9.47 Å². The lowest BCUT2D eigenvalue weighted by Gasteiger charge is -2.28. The highest BCUT2D eigenvalue weighted by molar-refractivity contribution is 5.76. The minimum absolute atomic E-state index is 0.0818. The van der Waals surface area contributed by atoms with Crippen LogP contribution in [0.5, 0.6) is 5.75 Å². The first-order valence-electron chi connectivity index (χ1n) is 12.4. The fourth-order valence-electron chi connectivity index (χ4n) is 5.06. The molecule has 0 aromatic heterocycles. The fraction of sp³-hybridized carbons (Fsp3) is 0.345. The van der Waals surface area contributed by atoms with E-state index in [2.05, 4.69) is 0 Å². The Bertz CT molecular complexity index is 1380. The second-order valence-corrected chi connectivity index (χ2v) is 9.82. The summed E-state index contributed by atoms with van der Waals surface area (Å²) in [6.45, 7) is 1.67. The monoisotopic (exact) mass is 532 g/mol. The molecule has 9 heteroatoms. The van der Waals surface area contributed by atoms with Gasteiger partial charge < -0.3 is 14.6 Å². The average molecular weight is 533 g/mol. The standard InChI is InChI=1S/C29H25F5O4/c1-14(35)18-7-8-19(26(32)25(18)31)15-2-4-16(5-3-15)29(36)38-23-11-6-17(12-22(23)30)20-9-10-21(24-13-37-24)28(34)27(20)33/h6-12,14-16,24,35H,2-5,13H2,1H3. The Labute approximate surface area is 216 Å². The molecule has 1 N–H and O–H groups in total. The average Bonchev–Trinajstić information content (AvgIpc) is 3.74. The van der Waals surface area contributed by atoms with Gasteiger partial charge in [0.15, 0.2) is 34.8 Å². The molecule has 1 saturated heterocycles. The van der Waals surface area contributed by atoms with Gasteiger partial charge in [-0.25, -0.2) is 22.0 Å². The summed E-state index contributed by atoms with van der Waals surface area (Å²) in [5.74, 6) is -7.00. The van der Waals surface area contributed by atoms with Crippen LogP contribution in [0, 0.1) is 35.0 Å². The Balaban J connectivity index is 1.23. The van der Waals surface area contributed by atoms with Gasteiger partial charge in [0, 0.05) is 16.7 Å². The summed E-state index contributed by atoms with van der Waals surface area (Å²) in [6.07, 6.45) is -0.130. The summed E-state index contributed by atoms with van der Waals surface area (Å²) in [6, 6.07) is 9.06. The Morgan fingerprint density at radius 1 is 0.895 bits per heavy atom. The smallest absolute Gasteiger partial charge is 0.314 e. The van der Waals surface area contributed by atoms with E-state index in [0.29, 0.717) is 32.3 Å². The van der Waals surface area contributed by atoms with E-state index in [9.17, 15) is 31.9 Å². The maximum atomic E-state index is 14.8. The summed E-state index contributed by atoms with van der Waals surface area (Å²) in [5.41, 5.74) is 0.137. The van der Waals surface area contributed by atoms with Crippen LogP contribution in [-0.4, -0.2) is 17.7 Å². The maximum Gasteiger partial charge on any atom is 0.314 e. The molecule has 0 spiro atoms. The van der Waals surface area contributed by atoms with Gasteiger partial charge in [-0.2, -0.15) is 0 Å². The number of aliphatic hydroxyl groups excluding tert-OH is 1. The van der Waals surface area contributed by atoms with Crippen molar-refractivity contribution in [3.8, 4) is 16.9 Å². The number of epoxide rings is 1. The molecular formula is C29H25F5O4. The number of rotatable bonds is 6. The molecule has 4 nitrogen and oxygen atoms in total. The molecule has 2 atom stereocenters. The SMILES string of the molecule is CC(O)c1ccc(C2CCC(C(=O)Oc3ccc(-c4ccc(C5CO5)c(F)c4F)cc3F)CC2)c(F)c1F. The maximum absolute atomic E-state index is 14.8. The van der Waals surface area contributed by atoms with Crippen molar-refractivity contribution in [2.24, 2.45) is 5.92 Å². The predicted octanol–water partition coefficient (Wildman–Crippen LogP) is 7.05. The van der Waals surface area contributed by atoms with E-state index < -0.39 is 53.2 Å². The minimum Gasteiger partial charge on any atom is -0.423 e. The Morgan fingerprint density at radius 2 is 1.55 bits per heavy atom. The van der Waals surface area contributed by atoms with Crippen LogP contribution in [0.2, 0.25) is 0 Å². The van der Waals surface area contributed by atoms with Crippen LogP contribution in [0.15, 0.2) is 42.5 Å². The quantitative estimate of drug-likeness (QED) is 0.160. The van der Waals surface area contributed by atoms with Crippen LogP contribution >= 0.6 is 0 Å². The molecule has 0 bridgehead atoms. The highest BCUT2D eigenvalue weighted by Gasteiger charge is 2.32. The van der Waals surface area contributed by atoms with Gasteiger partial charge >= 0.3 is 5.97 Å². The van der Waals surface area contributed by atoms with Crippen molar-refractivity contribution in [2.75, 3.05) is 6.61 Å². The van der Waals surface area contributed by atoms with Gasteiger partial charge in [0.25, 0.3) is 0 Å². The second kappa shape index (κ2) is 10.5. The molecule has 3 aromatic rings. The zero-order valence-corrected chi connectivity index (χ0v) is 20.4. The van der Waals surface area contributed by atoms with Crippen LogP contribution in [0.4, 0.5) is 22.0 Å². The normalized spacial score (nSPS) is 21.7. The minimum atomic E-state index is -1.14. The first kappa shape index (κ1) is 26.3. The van der Waals surface area contributed by atoms with Gasteiger partial charge in [-0.1, -0.05) is 30.3 Å². The van der Waals surface area contributed by atoms with Gasteiger partial charge in [-0.15, -0.1) is 0 Å². The van der Waals surface area contributed by atoms with Gasteiger partial charge in [-0.05, 0) is 61.8 Å². The molecule has 0 amide bonds. The molecule has 1 aliphatic carbocycles. The zero-order chi connectivity index (χ0) is 27.1. The van der Waals surface area contributed by atoms with E-state index in [1.807, 2.05) is 0 Å². The molecular weight excluding hydrogens is 507 g/mol. The number of ether oxygens (including phenoxy) is 2. The molecule has 2 aliphatic rings. The molecule has 0 radical (unpaired) electrons. The third kappa shape index (κ3) is 5.05. The number of carbonyl (C=O) groups excluding carboxylic acids is 1. The van der Waals surface area contributed by atoms with Gasteiger partial charge in [0.2, 0.25) is 0 Å². The molecule has 2 unspecified atom stereocenters. The van der Waals surface area contributed by atoms with Gasteiger partial charge in [0.05, 0.1) is 18.6 Å². The number of halogens is 5. The lowest BCUT2D eigenvalue weighted by atomic mass is 9.78. The number of carbonyl (C=O) groups is 1. The number of hydrogen-bond acceptors (Lipinski definition) is 4. The van der Waals surface area contributed by atoms with Crippen molar-refractivity contribution in [1.82, 2.24) is 0 Å². The molecule has 200 valence electrons. The van der Waals surface area contributed by atoms with Crippen LogP contribution in [-0.2, 0) is 9.53 Å². The van der Waals surface area contributed by atoms with E-state index >= 15 is 0 Å². The molecule has 38 heavy (non-hydrogen) atoms. The Hall–Kier alpha value is -3.30. The first-order valence-corrected chi connectivity index (χ1v) is 12.4. The Kier molecular flexibility index (Phi) is 7.24. The number of aliphatic hydroxyl groups is 1. The molecule has 3 aromatic carbocycles. The summed E-state index contributed by atoms with van der Waals surface area (Å²) >= 11 is 0. The highest BCUT2D eigenvalue weighted by atomic mass is 19.2. The van der Waals surface area contributed by atoms with E-state index in [1.165, 1.54) is 43.3 Å². The predicted molar refractivity (Wildman–Crippen MR) is 128 cm³/mol. The summed E-state index contributed by atoms with van der Waals surface area (Å²) in [4.78, 5) is 12.7. The molecule has 1 aliphatic heterocycles. The third-order valence-corrected chi connectivity index (χ3v) is 7.34. The fourth-order valence-corrected chi connectivity index (χ4v) is 5.06. The van der Waals surface area contributed by atoms with Crippen LogP contribution in [0.3, 0.4) is 0 Å². The van der Waals surface area contributed by atoms with Gasteiger partial charge in [-0.3, -0.25) is 4.79 Å². The summed E-state index contributed by atoms with van der Waals surface area (Å²) in [5, 5.41) is 9.57. The van der Waals surface area contributed by atoms with Gasteiger partial charge in [0.1, 0.15) is 6.10 Å². The van der Waals surface area contributed by atoms with Crippen molar-refractivity contribution >= 4 is 5.97 Å². The van der Waals surface area contributed by atoms with E-state index in [0.717, 1.165) is 6.07 Å². The van der Waals surface area contributed by atoms with Crippen molar-refractivity contribution in [3.05, 3.63) is 88.2 Å². The Morgan fingerprint density at radius 3 is 2.18 bits per heavy atom. The van der Waals surface area contributed by atoms with Crippen LogP contribution in [0.25, 0.3) is 11.1 Å². The highest BCUT2D eigenvalue weighted by Crippen LogP contribution is 2.40.